The Labute approximate surface area is 110 Å². The third kappa shape index (κ3) is 2.48. The van der Waals surface area contributed by atoms with E-state index >= 15 is 0 Å². The molecule has 1 saturated carbocycles. The number of hydrogen-bond acceptors (Lipinski definition) is 4. The van der Waals surface area contributed by atoms with E-state index in [4.69, 9.17) is 20.9 Å². The number of aromatic nitrogens is 2. The molecular formula is C13H13ClN2O2. The van der Waals surface area contributed by atoms with Crippen molar-refractivity contribution in [3.8, 4) is 5.75 Å². The summed E-state index contributed by atoms with van der Waals surface area (Å²) in [6.07, 6.45) is 2.32. The van der Waals surface area contributed by atoms with Crippen molar-refractivity contribution in [2.45, 2.75) is 32.3 Å². The Morgan fingerprint density at radius 1 is 1.44 bits per heavy atom. The molecule has 0 atom stereocenters. The summed E-state index contributed by atoms with van der Waals surface area (Å²) in [6, 6.07) is 5.54. The van der Waals surface area contributed by atoms with Gasteiger partial charge in [-0.05, 0) is 37.5 Å². The zero-order chi connectivity index (χ0) is 12.5. The van der Waals surface area contributed by atoms with Gasteiger partial charge in [0.25, 0.3) is 5.89 Å². The first kappa shape index (κ1) is 11.5. The van der Waals surface area contributed by atoms with Crippen LogP contribution in [0.15, 0.2) is 22.7 Å². The molecule has 0 spiro atoms. The molecular weight excluding hydrogens is 252 g/mol. The zero-order valence-corrected chi connectivity index (χ0v) is 10.8. The molecule has 1 aromatic heterocycles. The Balaban J connectivity index is 1.67. The van der Waals surface area contributed by atoms with Crippen LogP contribution < -0.4 is 4.74 Å². The van der Waals surface area contributed by atoms with E-state index < -0.39 is 0 Å². The lowest BCUT2D eigenvalue weighted by atomic mass is 10.2. The first-order chi connectivity index (χ1) is 8.72. The molecule has 1 aliphatic carbocycles. The Hall–Kier alpha value is -1.55. The van der Waals surface area contributed by atoms with Gasteiger partial charge in [-0.15, -0.1) is 0 Å². The molecule has 18 heavy (non-hydrogen) atoms. The van der Waals surface area contributed by atoms with Gasteiger partial charge < -0.3 is 9.26 Å². The number of benzene rings is 1. The van der Waals surface area contributed by atoms with Gasteiger partial charge in [0.2, 0.25) is 0 Å². The fourth-order valence-electron chi connectivity index (χ4n) is 1.70. The van der Waals surface area contributed by atoms with E-state index in [1.165, 1.54) is 0 Å². The maximum Gasteiger partial charge on any atom is 0.264 e. The molecule has 1 aliphatic rings. The monoisotopic (exact) mass is 264 g/mol. The van der Waals surface area contributed by atoms with Crippen LogP contribution in [0.1, 0.15) is 36.0 Å². The minimum atomic E-state index is 0.279. The molecule has 1 fully saturated rings. The highest BCUT2D eigenvalue weighted by atomic mass is 35.5. The molecule has 0 bridgehead atoms. The van der Waals surface area contributed by atoms with Crippen molar-refractivity contribution < 1.29 is 9.26 Å². The van der Waals surface area contributed by atoms with Gasteiger partial charge in [-0.2, -0.15) is 4.98 Å². The average Bonchev–Trinajstić information content (AvgIpc) is 3.10. The maximum atomic E-state index is 5.92. The van der Waals surface area contributed by atoms with Gasteiger partial charge in [0, 0.05) is 10.9 Å². The van der Waals surface area contributed by atoms with Gasteiger partial charge in [-0.1, -0.05) is 22.8 Å². The largest absolute Gasteiger partial charge is 0.483 e. The van der Waals surface area contributed by atoms with E-state index in [1.54, 1.807) is 6.07 Å². The Kier molecular flexibility index (Phi) is 2.96. The summed E-state index contributed by atoms with van der Waals surface area (Å²) in [6.45, 7) is 2.25. The van der Waals surface area contributed by atoms with Crippen LogP contribution in [-0.4, -0.2) is 10.1 Å². The lowest BCUT2D eigenvalue weighted by Gasteiger charge is -2.06. The second-order valence-electron chi connectivity index (χ2n) is 4.52. The quantitative estimate of drug-likeness (QED) is 0.848. The van der Waals surface area contributed by atoms with Gasteiger partial charge in [0.1, 0.15) is 5.75 Å². The lowest BCUT2D eigenvalue weighted by molar-refractivity contribution is 0.241. The van der Waals surface area contributed by atoms with Gasteiger partial charge in [-0.25, -0.2) is 0 Å². The van der Waals surface area contributed by atoms with Crippen LogP contribution >= 0.6 is 11.6 Å². The molecule has 0 aliphatic heterocycles. The molecule has 0 amide bonds. The highest BCUT2D eigenvalue weighted by Crippen LogP contribution is 2.38. The summed E-state index contributed by atoms with van der Waals surface area (Å²) in [5.41, 5.74) is 1.03. The summed E-state index contributed by atoms with van der Waals surface area (Å²) in [5.74, 6) is 2.55. The third-order valence-electron chi connectivity index (χ3n) is 2.93. The number of rotatable bonds is 4. The first-order valence-corrected chi connectivity index (χ1v) is 6.31. The van der Waals surface area contributed by atoms with E-state index in [1.807, 2.05) is 19.1 Å². The van der Waals surface area contributed by atoms with E-state index in [0.717, 1.165) is 30.0 Å². The van der Waals surface area contributed by atoms with Gasteiger partial charge in [0.05, 0.1) is 0 Å². The van der Waals surface area contributed by atoms with Gasteiger partial charge in [0.15, 0.2) is 12.4 Å². The first-order valence-electron chi connectivity index (χ1n) is 5.94. The predicted molar refractivity (Wildman–Crippen MR) is 66.8 cm³/mol. The molecule has 0 radical (unpaired) electrons. The molecule has 0 unspecified atom stereocenters. The summed E-state index contributed by atoms with van der Waals surface area (Å²) >= 11 is 5.92. The van der Waals surface area contributed by atoms with Gasteiger partial charge >= 0.3 is 0 Å². The van der Waals surface area contributed by atoms with Crippen LogP contribution in [0, 0.1) is 6.92 Å². The van der Waals surface area contributed by atoms with E-state index in [2.05, 4.69) is 10.1 Å². The van der Waals surface area contributed by atoms with Crippen molar-refractivity contribution in [3.05, 3.63) is 40.5 Å². The summed E-state index contributed by atoms with van der Waals surface area (Å²) in [4.78, 5) is 4.30. The molecule has 3 rings (SSSR count). The molecule has 0 saturated heterocycles. The number of aryl methyl sites for hydroxylation is 1. The van der Waals surface area contributed by atoms with Crippen molar-refractivity contribution in [2.75, 3.05) is 0 Å². The normalized spacial score (nSPS) is 14.8. The van der Waals surface area contributed by atoms with E-state index in [0.29, 0.717) is 16.8 Å². The summed E-state index contributed by atoms with van der Waals surface area (Å²) in [7, 11) is 0. The molecule has 1 heterocycles. The van der Waals surface area contributed by atoms with Crippen LogP contribution in [0.3, 0.4) is 0 Å². The minimum absolute atomic E-state index is 0.279. The highest BCUT2D eigenvalue weighted by Gasteiger charge is 2.28. The Morgan fingerprint density at radius 2 is 2.28 bits per heavy atom. The fourth-order valence-corrected chi connectivity index (χ4v) is 1.87. The molecule has 1 aromatic carbocycles. The Bertz CT molecular complexity index is 564. The lowest BCUT2D eigenvalue weighted by Crippen LogP contribution is -1.97. The van der Waals surface area contributed by atoms with Crippen molar-refractivity contribution in [1.82, 2.24) is 10.1 Å². The molecule has 0 N–H and O–H groups in total. The van der Waals surface area contributed by atoms with Crippen LogP contribution in [0.25, 0.3) is 0 Å². The summed E-state index contributed by atoms with van der Waals surface area (Å²) < 4.78 is 10.8. The number of ether oxygens (including phenoxy) is 1. The van der Waals surface area contributed by atoms with Crippen molar-refractivity contribution >= 4 is 11.6 Å². The summed E-state index contributed by atoms with van der Waals surface area (Å²) in [5, 5.41) is 4.59. The topological polar surface area (TPSA) is 48.2 Å². The Morgan fingerprint density at radius 3 is 3.06 bits per heavy atom. The smallest absolute Gasteiger partial charge is 0.264 e. The van der Waals surface area contributed by atoms with E-state index in [-0.39, 0.29) is 6.61 Å². The zero-order valence-electron chi connectivity index (χ0n) is 10.0. The molecule has 94 valence electrons. The highest BCUT2D eigenvalue weighted by molar-refractivity contribution is 6.30. The average molecular weight is 265 g/mol. The third-order valence-corrected chi connectivity index (χ3v) is 3.16. The standard InChI is InChI=1S/C13H13ClN2O2/c1-8-2-5-10(14)6-11(8)17-7-12-15-13(16-18-12)9-3-4-9/h2,5-6,9H,3-4,7H2,1H3. The van der Waals surface area contributed by atoms with Crippen LogP contribution in [0.4, 0.5) is 0 Å². The van der Waals surface area contributed by atoms with Crippen molar-refractivity contribution in [1.29, 1.82) is 0 Å². The molecule has 5 heteroatoms. The second kappa shape index (κ2) is 4.61. The predicted octanol–water partition coefficient (Wildman–Crippen LogP) is 3.49. The SMILES string of the molecule is Cc1ccc(Cl)cc1OCc1nc(C2CC2)no1. The van der Waals surface area contributed by atoms with Crippen molar-refractivity contribution in [2.24, 2.45) is 0 Å². The second-order valence-corrected chi connectivity index (χ2v) is 4.96. The number of nitrogens with zero attached hydrogens (tertiary/aromatic N) is 2. The fraction of sp³-hybridized carbons (Fsp3) is 0.385. The van der Waals surface area contributed by atoms with Crippen LogP contribution in [0.2, 0.25) is 5.02 Å². The van der Waals surface area contributed by atoms with Crippen LogP contribution in [0.5, 0.6) is 5.75 Å². The van der Waals surface area contributed by atoms with Crippen molar-refractivity contribution in [3.63, 3.8) is 0 Å². The number of hydrogen-bond donors (Lipinski definition) is 0. The minimum Gasteiger partial charge on any atom is -0.483 e. The van der Waals surface area contributed by atoms with Crippen LogP contribution in [-0.2, 0) is 6.61 Å². The number of halogens is 1. The molecule has 2 aromatic rings. The molecule has 4 nitrogen and oxygen atoms in total. The van der Waals surface area contributed by atoms with Gasteiger partial charge in [-0.3, -0.25) is 0 Å². The maximum absolute atomic E-state index is 5.92. The van der Waals surface area contributed by atoms with E-state index in [9.17, 15) is 0 Å².